The number of nitrogens with one attached hydrogen (secondary N) is 1. The maximum Gasteiger partial charge on any atom is 0.131 e. The standard InChI is InChI=1S/C15H27N5O.ClH/c1-12-10-19(5-4-16-12)11-14-13(2)17-18(3)15(14)20-6-8-21-9-7-20;/h12,16H,4-11H2,1-3H3;1H/t12-;/m0./s1. The summed E-state index contributed by atoms with van der Waals surface area (Å²) < 4.78 is 7.53. The van der Waals surface area contributed by atoms with E-state index in [9.17, 15) is 0 Å². The second-order valence-corrected chi connectivity index (χ2v) is 6.20. The van der Waals surface area contributed by atoms with E-state index < -0.39 is 0 Å². The van der Waals surface area contributed by atoms with E-state index in [0.717, 1.165) is 58.2 Å². The highest BCUT2D eigenvalue weighted by Crippen LogP contribution is 2.26. The highest BCUT2D eigenvalue weighted by atomic mass is 35.5. The third kappa shape index (κ3) is 3.74. The predicted octanol–water partition coefficient (Wildman–Crippen LogP) is 0.781. The fourth-order valence-corrected chi connectivity index (χ4v) is 3.43. The van der Waals surface area contributed by atoms with Gasteiger partial charge < -0.3 is 15.0 Å². The number of piperazine rings is 1. The molecule has 0 saturated carbocycles. The lowest BCUT2D eigenvalue weighted by molar-refractivity contribution is 0.122. The fourth-order valence-electron chi connectivity index (χ4n) is 3.43. The van der Waals surface area contributed by atoms with Gasteiger partial charge in [-0.1, -0.05) is 0 Å². The zero-order chi connectivity index (χ0) is 14.8. The Bertz CT molecular complexity index is 487. The van der Waals surface area contributed by atoms with Crippen LogP contribution in [0.5, 0.6) is 0 Å². The Morgan fingerprint density at radius 3 is 2.68 bits per heavy atom. The van der Waals surface area contributed by atoms with E-state index in [-0.39, 0.29) is 12.4 Å². The Morgan fingerprint density at radius 1 is 1.27 bits per heavy atom. The number of halogens is 1. The quantitative estimate of drug-likeness (QED) is 0.888. The van der Waals surface area contributed by atoms with Gasteiger partial charge in [-0.25, -0.2) is 0 Å². The van der Waals surface area contributed by atoms with Crippen LogP contribution in [0.4, 0.5) is 5.82 Å². The van der Waals surface area contributed by atoms with E-state index >= 15 is 0 Å². The molecule has 1 aromatic heterocycles. The van der Waals surface area contributed by atoms with Crippen LogP contribution in [0.1, 0.15) is 18.2 Å². The molecule has 7 heteroatoms. The van der Waals surface area contributed by atoms with Gasteiger partial charge in [0.15, 0.2) is 0 Å². The second-order valence-electron chi connectivity index (χ2n) is 6.20. The number of aromatic nitrogens is 2. The lowest BCUT2D eigenvalue weighted by atomic mass is 10.1. The number of ether oxygens (including phenoxy) is 1. The molecule has 1 N–H and O–H groups in total. The minimum absolute atomic E-state index is 0. The molecule has 0 amide bonds. The molecule has 0 unspecified atom stereocenters. The van der Waals surface area contributed by atoms with Crippen molar-refractivity contribution in [2.45, 2.75) is 26.4 Å². The maximum absolute atomic E-state index is 5.48. The first-order valence-corrected chi connectivity index (χ1v) is 7.96. The zero-order valence-corrected chi connectivity index (χ0v) is 14.7. The summed E-state index contributed by atoms with van der Waals surface area (Å²) in [7, 11) is 2.06. The molecule has 0 aromatic carbocycles. The van der Waals surface area contributed by atoms with Gasteiger partial charge in [0, 0.05) is 57.9 Å². The van der Waals surface area contributed by atoms with Gasteiger partial charge in [0.2, 0.25) is 0 Å². The van der Waals surface area contributed by atoms with Crippen LogP contribution < -0.4 is 10.2 Å². The minimum atomic E-state index is 0. The molecule has 1 aromatic rings. The molecule has 6 nitrogen and oxygen atoms in total. The summed E-state index contributed by atoms with van der Waals surface area (Å²) in [6.45, 7) is 12.2. The highest BCUT2D eigenvalue weighted by molar-refractivity contribution is 5.85. The largest absolute Gasteiger partial charge is 0.378 e. The molecule has 0 aliphatic carbocycles. The molecule has 2 saturated heterocycles. The smallest absolute Gasteiger partial charge is 0.131 e. The van der Waals surface area contributed by atoms with Crippen molar-refractivity contribution in [3.8, 4) is 0 Å². The Hall–Kier alpha value is -0.820. The van der Waals surface area contributed by atoms with Gasteiger partial charge in [-0.15, -0.1) is 12.4 Å². The summed E-state index contributed by atoms with van der Waals surface area (Å²) in [5, 5.41) is 8.17. The molecule has 2 aliphatic heterocycles. The van der Waals surface area contributed by atoms with Crippen molar-refractivity contribution < 1.29 is 4.74 Å². The molecule has 126 valence electrons. The van der Waals surface area contributed by atoms with Crippen molar-refractivity contribution >= 4 is 18.2 Å². The Labute approximate surface area is 139 Å². The molecule has 3 heterocycles. The summed E-state index contributed by atoms with van der Waals surface area (Å²) in [6, 6.07) is 0.572. The number of morpholine rings is 1. The van der Waals surface area contributed by atoms with Gasteiger partial charge in [0.1, 0.15) is 5.82 Å². The number of aryl methyl sites for hydroxylation is 2. The van der Waals surface area contributed by atoms with Crippen LogP contribution >= 0.6 is 12.4 Å². The number of nitrogens with zero attached hydrogens (tertiary/aromatic N) is 4. The minimum Gasteiger partial charge on any atom is -0.378 e. The van der Waals surface area contributed by atoms with E-state index in [4.69, 9.17) is 4.74 Å². The summed E-state index contributed by atoms with van der Waals surface area (Å²) >= 11 is 0. The van der Waals surface area contributed by atoms with E-state index in [2.05, 4.69) is 41.1 Å². The summed E-state index contributed by atoms with van der Waals surface area (Å²) in [5.74, 6) is 1.28. The average molecular weight is 330 g/mol. The van der Waals surface area contributed by atoms with E-state index in [1.165, 1.54) is 11.4 Å². The van der Waals surface area contributed by atoms with Gasteiger partial charge in [-0.2, -0.15) is 5.10 Å². The third-order valence-corrected chi connectivity index (χ3v) is 4.46. The second kappa shape index (κ2) is 7.64. The van der Waals surface area contributed by atoms with Crippen molar-refractivity contribution in [1.29, 1.82) is 0 Å². The lowest BCUT2D eigenvalue weighted by Crippen LogP contribution is -2.48. The highest BCUT2D eigenvalue weighted by Gasteiger charge is 2.24. The first-order valence-electron chi connectivity index (χ1n) is 7.96. The number of anilines is 1. The molecule has 0 spiro atoms. The predicted molar refractivity (Wildman–Crippen MR) is 91.0 cm³/mol. The van der Waals surface area contributed by atoms with Crippen molar-refractivity contribution in [2.75, 3.05) is 50.8 Å². The Balaban J connectivity index is 0.00000176. The molecule has 3 rings (SSSR count). The molecule has 2 aliphatic rings. The van der Waals surface area contributed by atoms with Crippen LogP contribution in [0.15, 0.2) is 0 Å². The van der Waals surface area contributed by atoms with Crippen molar-refractivity contribution in [3.05, 3.63) is 11.3 Å². The van der Waals surface area contributed by atoms with Crippen molar-refractivity contribution in [2.24, 2.45) is 7.05 Å². The van der Waals surface area contributed by atoms with Crippen LogP contribution in [0, 0.1) is 6.92 Å². The first kappa shape index (κ1) is 17.5. The van der Waals surface area contributed by atoms with Crippen LogP contribution in [0.2, 0.25) is 0 Å². The summed E-state index contributed by atoms with van der Waals surface area (Å²) in [4.78, 5) is 4.96. The Kier molecular flexibility index (Phi) is 6.09. The zero-order valence-electron chi connectivity index (χ0n) is 13.8. The van der Waals surface area contributed by atoms with E-state index in [1.807, 2.05) is 4.68 Å². The van der Waals surface area contributed by atoms with E-state index in [1.54, 1.807) is 0 Å². The third-order valence-electron chi connectivity index (χ3n) is 4.46. The van der Waals surface area contributed by atoms with Gasteiger partial charge in [0.05, 0.1) is 18.9 Å². The van der Waals surface area contributed by atoms with Crippen LogP contribution in [0.3, 0.4) is 0 Å². The number of hydrogen-bond donors (Lipinski definition) is 1. The lowest BCUT2D eigenvalue weighted by Gasteiger charge is -2.34. The van der Waals surface area contributed by atoms with Crippen molar-refractivity contribution in [3.63, 3.8) is 0 Å². The number of hydrogen-bond acceptors (Lipinski definition) is 5. The molecule has 2 fully saturated rings. The Morgan fingerprint density at radius 2 is 2.00 bits per heavy atom. The van der Waals surface area contributed by atoms with Gasteiger partial charge in [0.25, 0.3) is 0 Å². The molecule has 22 heavy (non-hydrogen) atoms. The van der Waals surface area contributed by atoms with Crippen LogP contribution in [-0.2, 0) is 18.3 Å². The summed E-state index contributed by atoms with van der Waals surface area (Å²) in [5.41, 5.74) is 2.54. The van der Waals surface area contributed by atoms with Crippen LogP contribution in [0.25, 0.3) is 0 Å². The van der Waals surface area contributed by atoms with Gasteiger partial charge >= 0.3 is 0 Å². The first-order chi connectivity index (χ1) is 10.1. The van der Waals surface area contributed by atoms with Gasteiger partial charge in [-0.05, 0) is 13.8 Å². The SMILES string of the molecule is Cc1nn(C)c(N2CCOCC2)c1CN1CCN[C@@H](C)C1.Cl. The topological polar surface area (TPSA) is 45.6 Å². The summed E-state index contributed by atoms with van der Waals surface area (Å²) in [6.07, 6.45) is 0. The normalized spacial score (nSPS) is 23.4. The molecule has 0 radical (unpaired) electrons. The van der Waals surface area contributed by atoms with Crippen molar-refractivity contribution in [1.82, 2.24) is 20.0 Å². The van der Waals surface area contributed by atoms with E-state index in [0.29, 0.717) is 6.04 Å². The average Bonchev–Trinajstić information content (AvgIpc) is 2.74. The van der Waals surface area contributed by atoms with Gasteiger partial charge in [-0.3, -0.25) is 9.58 Å². The molecule has 1 atom stereocenters. The fraction of sp³-hybridized carbons (Fsp3) is 0.800. The monoisotopic (exact) mass is 329 g/mol. The number of rotatable bonds is 3. The molecule has 0 bridgehead atoms. The maximum atomic E-state index is 5.48. The van der Waals surface area contributed by atoms with Crippen LogP contribution in [-0.4, -0.2) is 66.7 Å². The molecular formula is C15H28ClN5O. The molecular weight excluding hydrogens is 302 g/mol.